The zero-order valence-electron chi connectivity index (χ0n) is 18.3. The van der Waals surface area contributed by atoms with Crippen LogP contribution in [0.1, 0.15) is 49.3 Å². The number of non-ortho nitro benzene ring substituents is 2. The summed E-state index contributed by atoms with van der Waals surface area (Å²) in [5, 5.41) is 30.6. The number of rotatable bonds is 7. The zero-order valence-corrected chi connectivity index (χ0v) is 18.3. The van der Waals surface area contributed by atoms with Gasteiger partial charge in [-0.2, -0.15) is 5.10 Å². The highest BCUT2D eigenvalue weighted by atomic mass is 16.6. The lowest BCUT2D eigenvalue weighted by Gasteiger charge is -2.22. The minimum absolute atomic E-state index is 0.0693. The molecular weight excluding hydrogens is 442 g/mol. The molecular formula is C23H23N5O6. The highest BCUT2D eigenvalue weighted by Gasteiger charge is 2.34. The van der Waals surface area contributed by atoms with Crippen LogP contribution in [-0.2, 0) is 9.59 Å². The monoisotopic (exact) mass is 465 g/mol. The number of nitrogens with zero attached hydrogens (tertiary/aromatic N) is 4. The molecule has 0 saturated heterocycles. The standard InChI is InChI=1S/C23H23N5O6/c29-22(14-24-23(30)16-4-1-2-5-16)26-21(17-6-3-7-19(12-17)28(33)34)13-20(25-26)15-8-10-18(11-9-15)27(31)32/h3,6-12,16,21H,1-2,4-5,13-14H2,(H,24,30)/t21-/m0/s1. The van der Waals surface area contributed by atoms with Crippen molar-refractivity contribution in [2.75, 3.05) is 6.54 Å². The first-order valence-electron chi connectivity index (χ1n) is 11.0. The van der Waals surface area contributed by atoms with Crippen molar-refractivity contribution in [3.05, 3.63) is 79.9 Å². The van der Waals surface area contributed by atoms with Crippen molar-refractivity contribution in [3.63, 3.8) is 0 Å². The van der Waals surface area contributed by atoms with Crippen LogP contribution < -0.4 is 5.32 Å². The van der Waals surface area contributed by atoms with E-state index in [-0.39, 0.29) is 36.2 Å². The fourth-order valence-electron chi connectivity index (χ4n) is 4.37. The van der Waals surface area contributed by atoms with E-state index >= 15 is 0 Å². The molecule has 176 valence electrons. The molecule has 0 unspecified atom stereocenters. The quantitative estimate of drug-likeness (QED) is 0.489. The van der Waals surface area contributed by atoms with Crippen LogP contribution in [0, 0.1) is 26.1 Å². The van der Waals surface area contributed by atoms with Crippen LogP contribution in [0.25, 0.3) is 0 Å². The van der Waals surface area contributed by atoms with Crippen LogP contribution in [0.3, 0.4) is 0 Å². The third-order valence-corrected chi connectivity index (χ3v) is 6.18. The number of hydrogen-bond acceptors (Lipinski definition) is 7. The number of hydrogen-bond donors (Lipinski definition) is 1. The molecule has 1 aliphatic carbocycles. The summed E-state index contributed by atoms with van der Waals surface area (Å²) in [4.78, 5) is 46.6. The summed E-state index contributed by atoms with van der Waals surface area (Å²) in [5.74, 6) is -0.686. The molecule has 1 N–H and O–H groups in total. The maximum absolute atomic E-state index is 13.1. The third-order valence-electron chi connectivity index (χ3n) is 6.18. The van der Waals surface area contributed by atoms with Crippen molar-refractivity contribution in [1.82, 2.24) is 10.3 Å². The first-order valence-corrected chi connectivity index (χ1v) is 11.0. The van der Waals surface area contributed by atoms with Crippen LogP contribution in [0.4, 0.5) is 11.4 Å². The molecule has 0 radical (unpaired) electrons. The summed E-state index contributed by atoms with van der Waals surface area (Å²) in [7, 11) is 0. The average molecular weight is 465 g/mol. The molecule has 0 bridgehead atoms. The van der Waals surface area contributed by atoms with E-state index in [0.717, 1.165) is 25.7 Å². The molecule has 0 aromatic heterocycles. The molecule has 34 heavy (non-hydrogen) atoms. The number of nitro groups is 2. The van der Waals surface area contributed by atoms with Crippen LogP contribution in [0.2, 0.25) is 0 Å². The summed E-state index contributed by atoms with van der Waals surface area (Å²) >= 11 is 0. The maximum Gasteiger partial charge on any atom is 0.269 e. The van der Waals surface area contributed by atoms with Gasteiger partial charge in [0.15, 0.2) is 0 Å². The molecule has 2 aliphatic rings. The summed E-state index contributed by atoms with van der Waals surface area (Å²) in [6.07, 6.45) is 3.87. The largest absolute Gasteiger partial charge is 0.347 e. The molecule has 1 atom stereocenters. The number of carbonyl (C=O) groups excluding carboxylic acids is 2. The van der Waals surface area contributed by atoms with Crippen molar-refractivity contribution >= 4 is 28.9 Å². The van der Waals surface area contributed by atoms with Crippen molar-refractivity contribution in [3.8, 4) is 0 Å². The van der Waals surface area contributed by atoms with Gasteiger partial charge in [-0.3, -0.25) is 29.8 Å². The number of nitro benzene ring substituents is 2. The predicted octanol–water partition coefficient (Wildman–Crippen LogP) is 3.49. The van der Waals surface area contributed by atoms with Crippen molar-refractivity contribution in [2.45, 2.75) is 38.1 Å². The lowest BCUT2D eigenvalue weighted by molar-refractivity contribution is -0.385. The van der Waals surface area contributed by atoms with Crippen LogP contribution in [-0.4, -0.2) is 38.9 Å². The summed E-state index contributed by atoms with van der Waals surface area (Å²) < 4.78 is 0. The van der Waals surface area contributed by atoms with Crippen molar-refractivity contribution in [2.24, 2.45) is 11.0 Å². The molecule has 1 heterocycles. The van der Waals surface area contributed by atoms with Gasteiger partial charge in [-0.15, -0.1) is 0 Å². The van der Waals surface area contributed by atoms with Gasteiger partial charge in [0.1, 0.15) is 0 Å². The number of nitrogens with one attached hydrogen (secondary N) is 1. The van der Waals surface area contributed by atoms with Gasteiger partial charge in [0.25, 0.3) is 17.3 Å². The maximum atomic E-state index is 13.1. The smallest absolute Gasteiger partial charge is 0.269 e. The second-order valence-corrected chi connectivity index (χ2v) is 8.36. The Kier molecular flexibility index (Phi) is 6.62. The Morgan fingerprint density at radius 3 is 2.32 bits per heavy atom. The molecule has 1 aliphatic heterocycles. The van der Waals surface area contributed by atoms with E-state index in [1.165, 1.54) is 29.3 Å². The normalized spacial score (nSPS) is 17.9. The summed E-state index contributed by atoms with van der Waals surface area (Å²) in [6, 6.07) is 11.2. The van der Waals surface area contributed by atoms with Gasteiger partial charge in [0, 0.05) is 36.6 Å². The van der Waals surface area contributed by atoms with E-state index < -0.39 is 21.8 Å². The van der Waals surface area contributed by atoms with E-state index in [1.807, 2.05) is 0 Å². The van der Waals surface area contributed by atoms with Crippen molar-refractivity contribution in [1.29, 1.82) is 0 Å². The molecule has 11 nitrogen and oxygen atoms in total. The third kappa shape index (κ3) is 4.92. The fraction of sp³-hybridized carbons (Fsp3) is 0.348. The van der Waals surface area contributed by atoms with Gasteiger partial charge in [0.05, 0.1) is 28.1 Å². The minimum Gasteiger partial charge on any atom is -0.347 e. The van der Waals surface area contributed by atoms with E-state index in [4.69, 9.17) is 0 Å². The second kappa shape index (κ2) is 9.77. The summed E-state index contributed by atoms with van der Waals surface area (Å²) in [5.41, 5.74) is 1.47. The highest BCUT2D eigenvalue weighted by Crippen LogP contribution is 2.34. The Hall–Kier alpha value is -4.15. The first kappa shape index (κ1) is 23.0. The SMILES string of the molecule is O=C(NCC(=O)N1N=C(c2ccc([N+](=O)[O-])cc2)C[C@H]1c1cccc([N+](=O)[O-])c1)C1CCCC1. The Morgan fingerprint density at radius 1 is 1.00 bits per heavy atom. The molecule has 2 aromatic rings. The van der Waals surface area contributed by atoms with Gasteiger partial charge in [-0.25, -0.2) is 5.01 Å². The van der Waals surface area contributed by atoms with E-state index in [1.54, 1.807) is 24.3 Å². The fourth-order valence-corrected chi connectivity index (χ4v) is 4.37. The van der Waals surface area contributed by atoms with Gasteiger partial charge >= 0.3 is 0 Å². The number of amides is 2. The predicted molar refractivity (Wildman–Crippen MR) is 122 cm³/mol. The second-order valence-electron chi connectivity index (χ2n) is 8.36. The number of hydrazone groups is 1. The molecule has 2 amide bonds. The highest BCUT2D eigenvalue weighted by molar-refractivity contribution is 6.03. The first-order chi connectivity index (χ1) is 16.3. The number of benzene rings is 2. The Bertz CT molecular complexity index is 1160. The summed E-state index contributed by atoms with van der Waals surface area (Å²) in [6.45, 7) is -0.238. The molecule has 0 spiro atoms. The van der Waals surface area contributed by atoms with Crippen molar-refractivity contribution < 1.29 is 19.4 Å². The number of carbonyl (C=O) groups is 2. The molecule has 1 saturated carbocycles. The lowest BCUT2D eigenvalue weighted by atomic mass is 9.98. The van der Waals surface area contributed by atoms with Gasteiger partial charge < -0.3 is 5.32 Å². The minimum atomic E-state index is -0.610. The Morgan fingerprint density at radius 2 is 1.68 bits per heavy atom. The van der Waals surface area contributed by atoms with Gasteiger partial charge in [-0.05, 0) is 36.1 Å². The van der Waals surface area contributed by atoms with Crippen LogP contribution in [0.15, 0.2) is 53.6 Å². The molecule has 1 fully saturated rings. The molecule has 11 heteroatoms. The van der Waals surface area contributed by atoms with Gasteiger partial charge in [-0.1, -0.05) is 25.0 Å². The average Bonchev–Trinajstić information content (AvgIpc) is 3.53. The van der Waals surface area contributed by atoms with E-state index in [0.29, 0.717) is 16.8 Å². The Balaban J connectivity index is 1.58. The topological polar surface area (TPSA) is 148 Å². The van der Waals surface area contributed by atoms with Crippen LogP contribution >= 0.6 is 0 Å². The molecule has 2 aromatic carbocycles. The van der Waals surface area contributed by atoms with E-state index in [9.17, 15) is 29.8 Å². The Labute approximate surface area is 194 Å². The van der Waals surface area contributed by atoms with Crippen LogP contribution in [0.5, 0.6) is 0 Å². The molecule has 4 rings (SSSR count). The zero-order chi connectivity index (χ0) is 24.2. The van der Waals surface area contributed by atoms with E-state index in [2.05, 4.69) is 10.4 Å². The van der Waals surface area contributed by atoms with Gasteiger partial charge in [0.2, 0.25) is 5.91 Å². The lowest BCUT2D eigenvalue weighted by Crippen LogP contribution is -2.39.